The molecule has 0 aliphatic carbocycles. The maximum Gasteiger partial charge on any atom is 0.150 e. The molecule has 0 saturated heterocycles. The summed E-state index contributed by atoms with van der Waals surface area (Å²) in [5, 5.41) is 7.45. The van der Waals surface area contributed by atoms with E-state index in [0.717, 1.165) is 23.8 Å². The number of aryl methyl sites for hydroxylation is 1. The lowest BCUT2D eigenvalue weighted by molar-refractivity contribution is 0.185. The van der Waals surface area contributed by atoms with E-state index in [1.807, 2.05) is 31.2 Å². The first kappa shape index (κ1) is 12.2. The van der Waals surface area contributed by atoms with Gasteiger partial charge in [-0.05, 0) is 13.0 Å². The fourth-order valence-electron chi connectivity index (χ4n) is 2.51. The Labute approximate surface area is 112 Å². The van der Waals surface area contributed by atoms with Crippen molar-refractivity contribution in [2.45, 2.75) is 26.4 Å². The molecule has 0 amide bonds. The van der Waals surface area contributed by atoms with Crippen molar-refractivity contribution in [2.75, 3.05) is 6.61 Å². The topological polar surface area (TPSA) is 47.3 Å². The van der Waals surface area contributed by atoms with Gasteiger partial charge in [-0.1, -0.05) is 30.3 Å². The molecule has 2 atom stereocenters. The first-order chi connectivity index (χ1) is 9.24. The molecule has 1 aliphatic heterocycles. The Morgan fingerprint density at radius 1 is 1.37 bits per heavy atom. The van der Waals surface area contributed by atoms with Gasteiger partial charge in [-0.3, -0.25) is 0 Å². The molecule has 4 heteroatoms. The van der Waals surface area contributed by atoms with E-state index in [1.165, 1.54) is 5.56 Å². The summed E-state index contributed by atoms with van der Waals surface area (Å²) in [5.74, 6) is 2.28. The zero-order valence-corrected chi connectivity index (χ0v) is 11.2. The Bertz CT molecular complexity index is 565. The van der Waals surface area contributed by atoms with Crippen molar-refractivity contribution in [2.24, 2.45) is 5.92 Å². The van der Waals surface area contributed by atoms with E-state index in [9.17, 15) is 0 Å². The van der Waals surface area contributed by atoms with Crippen LogP contribution in [-0.4, -0.2) is 11.8 Å². The first-order valence-electron chi connectivity index (χ1n) is 6.61. The van der Waals surface area contributed by atoms with Gasteiger partial charge >= 0.3 is 0 Å². The number of hydrogen-bond donors (Lipinski definition) is 1. The standard InChI is InChI=1S/C15H18N2O2/c1-10-9-18-14-6-4-3-5-13(14)15(10)16-8-12-7-11(2)17-19-12/h3-7,10,15-16H,8-9H2,1-2H3. The van der Waals surface area contributed by atoms with E-state index in [2.05, 4.69) is 23.5 Å². The second-order valence-corrected chi connectivity index (χ2v) is 5.12. The molecule has 0 bridgehead atoms. The van der Waals surface area contributed by atoms with Crippen LogP contribution in [0.15, 0.2) is 34.9 Å². The van der Waals surface area contributed by atoms with Crippen molar-refractivity contribution < 1.29 is 9.26 Å². The lowest BCUT2D eigenvalue weighted by Crippen LogP contribution is -2.33. The summed E-state index contributed by atoms with van der Waals surface area (Å²) < 4.78 is 11.0. The van der Waals surface area contributed by atoms with Crippen molar-refractivity contribution in [3.63, 3.8) is 0 Å². The number of hydrogen-bond acceptors (Lipinski definition) is 4. The number of fused-ring (bicyclic) bond motifs is 1. The zero-order valence-electron chi connectivity index (χ0n) is 11.2. The Morgan fingerprint density at radius 3 is 3.00 bits per heavy atom. The van der Waals surface area contributed by atoms with E-state index >= 15 is 0 Å². The van der Waals surface area contributed by atoms with E-state index < -0.39 is 0 Å². The third-order valence-corrected chi connectivity index (χ3v) is 3.50. The van der Waals surface area contributed by atoms with Crippen LogP contribution >= 0.6 is 0 Å². The molecule has 1 aromatic heterocycles. The van der Waals surface area contributed by atoms with Gasteiger partial charge in [-0.15, -0.1) is 0 Å². The summed E-state index contributed by atoms with van der Waals surface area (Å²) in [6.45, 7) is 5.55. The molecule has 0 spiro atoms. The monoisotopic (exact) mass is 258 g/mol. The SMILES string of the molecule is Cc1cc(CNC2c3ccccc3OCC2C)on1. The summed E-state index contributed by atoms with van der Waals surface area (Å²) in [4.78, 5) is 0. The average Bonchev–Trinajstić information content (AvgIpc) is 2.83. The fourth-order valence-corrected chi connectivity index (χ4v) is 2.51. The van der Waals surface area contributed by atoms with Crippen LogP contribution in [0.25, 0.3) is 0 Å². The molecule has 0 saturated carbocycles. The van der Waals surface area contributed by atoms with Crippen LogP contribution in [0, 0.1) is 12.8 Å². The van der Waals surface area contributed by atoms with Gasteiger partial charge < -0.3 is 14.6 Å². The van der Waals surface area contributed by atoms with E-state index in [1.54, 1.807) is 0 Å². The minimum absolute atomic E-state index is 0.287. The molecule has 4 nitrogen and oxygen atoms in total. The summed E-state index contributed by atoms with van der Waals surface area (Å²) in [7, 11) is 0. The van der Waals surface area contributed by atoms with Gasteiger partial charge in [0.25, 0.3) is 0 Å². The Morgan fingerprint density at radius 2 is 2.21 bits per heavy atom. The highest BCUT2D eigenvalue weighted by molar-refractivity contribution is 5.37. The Kier molecular flexibility index (Phi) is 3.25. The number of nitrogens with zero attached hydrogens (tertiary/aromatic N) is 1. The largest absolute Gasteiger partial charge is 0.493 e. The summed E-state index contributed by atoms with van der Waals surface area (Å²) in [5.41, 5.74) is 2.13. The predicted octanol–water partition coefficient (Wildman–Crippen LogP) is 2.84. The van der Waals surface area contributed by atoms with Crippen LogP contribution in [-0.2, 0) is 6.54 Å². The summed E-state index contributed by atoms with van der Waals surface area (Å²) >= 11 is 0. The summed E-state index contributed by atoms with van der Waals surface area (Å²) in [6, 6.07) is 10.4. The third kappa shape index (κ3) is 2.49. The Hall–Kier alpha value is -1.81. The van der Waals surface area contributed by atoms with Crippen molar-refractivity contribution in [3.8, 4) is 5.75 Å². The Balaban J connectivity index is 1.76. The number of benzene rings is 1. The van der Waals surface area contributed by atoms with Crippen LogP contribution in [0.2, 0.25) is 0 Å². The van der Waals surface area contributed by atoms with Gasteiger partial charge in [0.1, 0.15) is 5.75 Å². The zero-order chi connectivity index (χ0) is 13.2. The highest BCUT2D eigenvalue weighted by Crippen LogP contribution is 2.35. The molecule has 2 heterocycles. The van der Waals surface area contributed by atoms with Crippen LogP contribution < -0.4 is 10.1 Å². The normalized spacial score (nSPS) is 21.8. The van der Waals surface area contributed by atoms with Gasteiger partial charge in [0.2, 0.25) is 0 Å². The molecular formula is C15H18N2O2. The number of aromatic nitrogens is 1. The lowest BCUT2D eigenvalue weighted by Gasteiger charge is -2.32. The number of rotatable bonds is 3. The first-order valence-corrected chi connectivity index (χ1v) is 6.61. The summed E-state index contributed by atoms with van der Waals surface area (Å²) in [6.07, 6.45) is 0. The third-order valence-electron chi connectivity index (χ3n) is 3.50. The van der Waals surface area contributed by atoms with Gasteiger partial charge in [0.05, 0.1) is 18.8 Å². The van der Waals surface area contributed by atoms with Crippen LogP contribution in [0.3, 0.4) is 0 Å². The van der Waals surface area contributed by atoms with E-state index in [0.29, 0.717) is 12.5 Å². The predicted molar refractivity (Wildman–Crippen MR) is 71.9 cm³/mol. The molecule has 2 aromatic rings. The van der Waals surface area contributed by atoms with E-state index in [4.69, 9.17) is 9.26 Å². The molecule has 1 aromatic carbocycles. The fraction of sp³-hybridized carbons (Fsp3) is 0.400. The maximum atomic E-state index is 5.75. The molecule has 1 N–H and O–H groups in total. The molecule has 19 heavy (non-hydrogen) atoms. The average molecular weight is 258 g/mol. The maximum absolute atomic E-state index is 5.75. The molecule has 0 radical (unpaired) electrons. The number of ether oxygens (including phenoxy) is 1. The van der Waals surface area contributed by atoms with Crippen molar-refractivity contribution >= 4 is 0 Å². The van der Waals surface area contributed by atoms with Gasteiger partial charge in [-0.2, -0.15) is 0 Å². The quantitative estimate of drug-likeness (QED) is 0.919. The molecule has 3 rings (SSSR count). The van der Waals surface area contributed by atoms with Gasteiger partial charge in [0, 0.05) is 23.6 Å². The second-order valence-electron chi connectivity index (χ2n) is 5.12. The minimum Gasteiger partial charge on any atom is -0.493 e. The molecule has 100 valence electrons. The molecule has 1 aliphatic rings. The van der Waals surface area contributed by atoms with Crippen LogP contribution in [0.4, 0.5) is 0 Å². The highest BCUT2D eigenvalue weighted by atomic mass is 16.5. The molecule has 2 unspecified atom stereocenters. The van der Waals surface area contributed by atoms with Gasteiger partial charge in [0.15, 0.2) is 5.76 Å². The molecule has 0 fully saturated rings. The highest BCUT2D eigenvalue weighted by Gasteiger charge is 2.27. The smallest absolute Gasteiger partial charge is 0.150 e. The van der Waals surface area contributed by atoms with Crippen molar-refractivity contribution in [3.05, 3.63) is 47.3 Å². The lowest BCUT2D eigenvalue weighted by atomic mass is 9.92. The van der Waals surface area contributed by atoms with Crippen molar-refractivity contribution in [1.82, 2.24) is 10.5 Å². The second kappa shape index (κ2) is 5.05. The molecular weight excluding hydrogens is 240 g/mol. The van der Waals surface area contributed by atoms with Crippen LogP contribution in [0.1, 0.15) is 30.0 Å². The van der Waals surface area contributed by atoms with Crippen molar-refractivity contribution in [1.29, 1.82) is 0 Å². The number of para-hydroxylation sites is 1. The number of nitrogens with one attached hydrogen (secondary N) is 1. The minimum atomic E-state index is 0.287. The van der Waals surface area contributed by atoms with Gasteiger partial charge in [-0.25, -0.2) is 0 Å². The van der Waals surface area contributed by atoms with E-state index in [-0.39, 0.29) is 6.04 Å². The van der Waals surface area contributed by atoms with Crippen LogP contribution in [0.5, 0.6) is 5.75 Å².